The summed E-state index contributed by atoms with van der Waals surface area (Å²) in [5.41, 5.74) is 2.06. The number of thiazole rings is 1. The molecule has 0 unspecified atom stereocenters. The molecule has 0 bridgehead atoms. The van der Waals surface area contributed by atoms with E-state index >= 15 is 0 Å². The van der Waals surface area contributed by atoms with Crippen molar-refractivity contribution in [2.45, 2.75) is 12.8 Å². The standard InChI is InChI=1S/C23H19N3O4S3/c1-30-21(29)15-10-8-14(9-11-15)13-18-20(28)26(23(31)33-18)12-4-7-19(27)25-22-24-16-5-2-3-6-17(16)32-22/h2-3,5-6,8-11,13H,4,7,12H2,1H3,(H,24,25,27)/b18-13-. The Labute approximate surface area is 203 Å². The van der Waals surface area contributed by atoms with Crippen LogP contribution in [0.3, 0.4) is 0 Å². The molecular weight excluding hydrogens is 478 g/mol. The number of para-hydroxylation sites is 1. The summed E-state index contributed by atoms with van der Waals surface area (Å²) >= 11 is 8.01. The van der Waals surface area contributed by atoms with Crippen LogP contribution in [0.1, 0.15) is 28.8 Å². The van der Waals surface area contributed by atoms with Gasteiger partial charge in [0.15, 0.2) is 5.13 Å². The van der Waals surface area contributed by atoms with Crippen LogP contribution in [0.5, 0.6) is 0 Å². The van der Waals surface area contributed by atoms with E-state index in [1.165, 1.54) is 35.1 Å². The number of fused-ring (bicyclic) bond motifs is 1. The number of anilines is 1. The minimum Gasteiger partial charge on any atom is -0.465 e. The van der Waals surface area contributed by atoms with Crippen molar-refractivity contribution in [2.24, 2.45) is 0 Å². The molecule has 0 saturated carbocycles. The van der Waals surface area contributed by atoms with E-state index in [0.29, 0.717) is 32.9 Å². The van der Waals surface area contributed by atoms with E-state index in [1.54, 1.807) is 30.3 Å². The SMILES string of the molecule is COC(=O)c1ccc(/C=C2\SC(=S)N(CCCC(=O)Nc3nc4ccccc4s3)C2=O)cc1. The van der Waals surface area contributed by atoms with Crippen LogP contribution in [0, 0.1) is 0 Å². The molecule has 33 heavy (non-hydrogen) atoms. The molecule has 3 aromatic rings. The molecule has 2 amide bonds. The first-order valence-electron chi connectivity index (χ1n) is 10.0. The number of methoxy groups -OCH3 is 1. The van der Waals surface area contributed by atoms with E-state index in [9.17, 15) is 14.4 Å². The van der Waals surface area contributed by atoms with Crippen molar-refractivity contribution < 1.29 is 19.1 Å². The lowest BCUT2D eigenvalue weighted by atomic mass is 10.1. The molecule has 4 rings (SSSR count). The normalized spacial score (nSPS) is 14.8. The van der Waals surface area contributed by atoms with Crippen LogP contribution in [0.4, 0.5) is 5.13 Å². The van der Waals surface area contributed by atoms with E-state index in [0.717, 1.165) is 15.8 Å². The van der Waals surface area contributed by atoms with Crippen LogP contribution in [-0.2, 0) is 14.3 Å². The maximum Gasteiger partial charge on any atom is 0.337 e. The molecule has 2 heterocycles. The molecule has 0 atom stereocenters. The number of carbonyl (C=O) groups excluding carboxylic acids is 3. The molecule has 2 aromatic carbocycles. The van der Waals surface area contributed by atoms with E-state index in [1.807, 2.05) is 24.3 Å². The Morgan fingerprint density at radius 1 is 1.18 bits per heavy atom. The Morgan fingerprint density at radius 2 is 1.94 bits per heavy atom. The van der Waals surface area contributed by atoms with Gasteiger partial charge in [-0.25, -0.2) is 9.78 Å². The fourth-order valence-corrected chi connectivity index (χ4v) is 5.37. The minimum atomic E-state index is -0.417. The predicted molar refractivity (Wildman–Crippen MR) is 135 cm³/mol. The summed E-state index contributed by atoms with van der Waals surface area (Å²) in [5.74, 6) is -0.755. The number of amides is 2. The molecular formula is C23H19N3O4S3. The number of nitrogens with one attached hydrogen (secondary N) is 1. The topological polar surface area (TPSA) is 88.6 Å². The summed E-state index contributed by atoms with van der Waals surface area (Å²) in [6, 6.07) is 14.5. The second-order valence-corrected chi connectivity index (χ2v) is 9.79. The number of hydrogen-bond acceptors (Lipinski definition) is 8. The van der Waals surface area contributed by atoms with E-state index in [2.05, 4.69) is 15.0 Å². The van der Waals surface area contributed by atoms with Crippen LogP contribution < -0.4 is 5.32 Å². The third-order valence-electron chi connectivity index (χ3n) is 4.83. The van der Waals surface area contributed by atoms with Crippen LogP contribution >= 0.6 is 35.3 Å². The van der Waals surface area contributed by atoms with E-state index in [-0.39, 0.29) is 18.2 Å². The van der Waals surface area contributed by atoms with Gasteiger partial charge in [0.2, 0.25) is 5.91 Å². The van der Waals surface area contributed by atoms with Crippen molar-refractivity contribution in [1.29, 1.82) is 0 Å². The molecule has 1 aromatic heterocycles. The van der Waals surface area contributed by atoms with Gasteiger partial charge in [-0.3, -0.25) is 14.5 Å². The first-order chi connectivity index (χ1) is 15.9. The molecule has 7 nitrogen and oxygen atoms in total. The predicted octanol–water partition coefficient (Wildman–Crippen LogP) is 4.70. The number of hydrogen-bond donors (Lipinski definition) is 1. The molecule has 1 aliphatic heterocycles. The number of nitrogens with zero attached hydrogens (tertiary/aromatic N) is 2. The summed E-state index contributed by atoms with van der Waals surface area (Å²) in [6.07, 6.45) is 2.46. The lowest BCUT2D eigenvalue weighted by Crippen LogP contribution is -2.29. The number of benzene rings is 2. The van der Waals surface area contributed by atoms with Crippen molar-refractivity contribution in [3.8, 4) is 0 Å². The third kappa shape index (κ3) is 5.47. The fraction of sp³-hybridized carbons (Fsp3) is 0.174. The molecule has 0 radical (unpaired) electrons. The van der Waals surface area contributed by atoms with Gasteiger partial charge in [0.05, 0.1) is 27.8 Å². The van der Waals surface area contributed by atoms with Gasteiger partial charge in [0, 0.05) is 13.0 Å². The van der Waals surface area contributed by atoms with Gasteiger partial charge in [-0.15, -0.1) is 0 Å². The molecule has 1 N–H and O–H groups in total. The Bertz CT molecular complexity index is 1230. The second kappa shape index (κ2) is 10.2. The molecule has 1 fully saturated rings. The Balaban J connectivity index is 1.31. The van der Waals surface area contributed by atoms with Gasteiger partial charge < -0.3 is 10.1 Å². The van der Waals surface area contributed by atoms with E-state index in [4.69, 9.17) is 12.2 Å². The molecule has 1 saturated heterocycles. The van der Waals surface area contributed by atoms with Crippen LogP contribution in [0.15, 0.2) is 53.4 Å². The number of carbonyl (C=O) groups is 3. The van der Waals surface area contributed by atoms with Crippen molar-refractivity contribution in [1.82, 2.24) is 9.88 Å². The van der Waals surface area contributed by atoms with Crippen molar-refractivity contribution >= 4 is 78.8 Å². The second-order valence-electron chi connectivity index (χ2n) is 7.09. The zero-order valence-corrected chi connectivity index (χ0v) is 20.0. The van der Waals surface area contributed by atoms with Gasteiger partial charge in [-0.1, -0.05) is 59.6 Å². The zero-order chi connectivity index (χ0) is 23.4. The number of rotatable bonds is 7. The van der Waals surface area contributed by atoms with Crippen LogP contribution in [0.25, 0.3) is 16.3 Å². The number of aromatic nitrogens is 1. The fourth-order valence-electron chi connectivity index (χ4n) is 3.18. The molecule has 1 aliphatic rings. The van der Waals surface area contributed by atoms with Crippen LogP contribution in [-0.4, -0.2) is 45.6 Å². The maximum absolute atomic E-state index is 12.8. The summed E-state index contributed by atoms with van der Waals surface area (Å²) in [7, 11) is 1.33. The monoisotopic (exact) mass is 497 g/mol. The number of thioether (sulfide) groups is 1. The highest BCUT2D eigenvalue weighted by Gasteiger charge is 2.31. The van der Waals surface area contributed by atoms with Crippen molar-refractivity contribution in [2.75, 3.05) is 19.0 Å². The molecule has 0 spiro atoms. The highest BCUT2D eigenvalue weighted by Crippen LogP contribution is 2.33. The summed E-state index contributed by atoms with van der Waals surface area (Å²) in [6.45, 7) is 0.358. The summed E-state index contributed by atoms with van der Waals surface area (Å²) in [5, 5.41) is 3.38. The average molecular weight is 498 g/mol. The van der Waals surface area contributed by atoms with Gasteiger partial charge in [-0.2, -0.15) is 0 Å². The Morgan fingerprint density at radius 3 is 2.67 bits per heavy atom. The quantitative estimate of drug-likeness (QED) is 0.287. The largest absolute Gasteiger partial charge is 0.465 e. The van der Waals surface area contributed by atoms with Gasteiger partial charge in [-0.05, 0) is 42.3 Å². The van der Waals surface area contributed by atoms with Gasteiger partial charge >= 0.3 is 5.97 Å². The van der Waals surface area contributed by atoms with E-state index < -0.39 is 5.97 Å². The van der Waals surface area contributed by atoms with Gasteiger partial charge in [0.1, 0.15) is 4.32 Å². The molecule has 10 heteroatoms. The summed E-state index contributed by atoms with van der Waals surface area (Å²) in [4.78, 5) is 43.0. The van der Waals surface area contributed by atoms with Crippen molar-refractivity contribution in [3.63, 3.8) is 0 Å². The average Bonchev–Trinajstić information content (AvgIpc) is 3.34. The first-order valence-corrected chi connectivity index (χ1v) is 12.1. The number of esters is 1. The van der Waals surface area contributed by atoms with Gasteiger partial charge in [0.25, 0.3) is 5.91 Å². The van der Waals surface area contributed by atoms with Crippen molar-refractivity contribution in [3.05, 3.63) is 64.6 Å². The van der Waals surface area contributed by atoms with Crippen LogP contribution in [0.2, 0.25) is 0 Å². The molecule has 0 aliphatic carbocycles. The lowest BCUT2D eigenvalue weighted by Gasteiger charge is -2.13. The lowest BCUT2D eigenvalue weighted by molar-refractivity contribution is -0.122. The molecule has 168 valence electrons. The zero-order valence-electron chi connectivity index (χ0n) is 17.6. The number of thiocarbonyl (C=S) groups is 1. The summed E-state index contributed by atoms with van der Waals surface area (Å²) < 4.78 is 6.16. The maximum atomic E-state index is 12.8. The third-order valence-corrected chi connectivity index (χ3v) is 7.16. The smallest absolute Gasteiger partial charge is 0.337 e. The Kier molecular flexibility index (Phi) is 7.17. The highest BCUT2D eigenvalue weighted by atomic mass is 32.2. The Hall–Kier alpha value is -3.08. The minimum absolute atomic E-state index is 0.152. The number of ether oxygens (including phenoxy) is 1. The first kappa shape index (κ1) is 23.1. The highest BCUT2D eigenvalue weighted by molar-refractivity contribution is 8.26.